The second kappa shape index (κ2) is 5.29. The van der Waals surface area contributed by atoms with E-state index in [0.29, 0.717) is 0 Å². The maximum absolute atomic E-state index is 4.08. The minimum Gasteiger partial charge on any atom is -0.178 e. The van der Waals surface area contributed by atoms with Gasteiger partial charge in [0.25, 0.3) is 0 Å². The number of hydrogen-bond acceptors (Lipinski definition) is 1. The highest BCUT2D eigenvalue weighted by Gasteiger charge is 1.90. The summed E-state index contributed by atoms with van der Waals surface area (Å²) in [6.07, 6.45) is 0.838. The summed E-state index contributed by atoms with van der Waals surface area (Å²) >= 11 is 7.51. The zero-order valence-corrected chi connectivity index (χ0v) is 9.03. The largest absolute Gasteiger partial charge is 0.178 e. The molecular formula is C10H9BrS. The summed E-state index contributed by atoms with van der Waals surface area (Å²) in [7, 11) is 0. The molecule has 0 saturated carbocycles. The van der Waals surface area contributed by atoms with Gasteiger partial charge in [0, 0.05) is 22.2 Å². The van der Waals surface area contributed by atoms with Gasteiger partial charge in [-0.1, -0.05) is 24.0 Å². The van der Waals surface area contributed by atoms with E-state index in [1.807, 2.05) is 24.3 Å². The van der Waals surface area contributed by atoms with Crippen LogP contribution in [0, 0.1) is 11.8 Å². The van der Waals surface area contributed by atoms with Crippen molar-refractivity contribution in [3.8, 4) is 11.8 Å². The van der Waals surface area contributed by atoms with Crippen molar-refractivity contribution >= 4 is 28.6 Å². The second-order valence-corrected chi connectivity index (χ2v) is 3.56. The molecule has 0 amide bonds. The van der Waals surface area contributed by atoms with E-state index in [1.54, 1.807) is 0 Å². The topological polar surface area (TPSA) is 0 Å². The highest BCUT2D eigenvalue weighted by atomic mass is 79.9. The van der Waals surface area contributed by atoms with Crippen LogP contribution in [-0.2, 0) is 0 Å². The zero-order chi connectivity index (χ0) is 8.81. The first-order chi connectivity index (χ1) is 5.84. The lowest BCUT2D eigenvalue weighted by atomic mass is 10.2. The van der Waals surface area contributed by atoms with Gasteiger partial charge in [0.05, 0.1) is 0 Å². The first kappa shape index (κ1) is 9.70. The van der Waals surface area contributed by atoms with Crippen molar-refractivity contribution in [2.24, 2.45) is 0 Å². The number of halogens is 1. The van der Waals surface area contributed by atoms with E-state index in [4.69, 9.17) is 0 Å². The highest BCUT2D eigenvalue weighted by Crippen LogP contribution is 2.13. The molecule has 0 heterocycles. The van der Waals surface area contributed by atoms with Crippen molar-refractivity contribution < 1.29 is 0 Å². The third-order valence-electron chi connectivity index (χ3n) is 1.33. The van der Waals surface area contributed by atoms with Crippen LogP contribution in [0.5, 0.6) is 0 Å². The lowest BCUT2D eigenvalue weighted by molar-refractivity contribution is 1.31. The highest BCUT2D eigenvalue weighted by molar-refractivity contribution is 9.10. The molecule has 0 aliphatic carbocycles. The Morgan fingerprint density at radius 3 is 2.75 bits per heavy atom. The van der Waals surface area contributed by atoms with Crippen molar-refractivity contribution in [2.45, 2.75) is 6.42 Å². The molecule has 0 radical (unpaired) electrons. The van der Waals surface area contributed by atoms with Crippen LogP contribution in [0.25, 0.3) is 0 Å². The standard InChI is InChI=1S/C10H9BrS/c11-10-7-2-1-5-9(10)6-3-4-8-12/h1-2,5,7,12H,4,8H2. The van der Waals surface area contributed by atoms with Gasteiger partial charge in [0.1, 0.15) is 0 Å². The quantitative estimate of drug-likeness (QED) is 0.566. The average Bonchev–Trinajstić information content (AvgIpc) is 2.09. The maximum atomic E-state index is 4.08. The summed E-state index contributed by atoms with van der Waals surface area (Å²) in [4.78, 5) is 0. The Morgan fingerprint density at radius 1 is 1.33 bits per heavy atom. The van der Waals surface area contributed by atoms with Crippen LogP contribution in [0.2, 0.25) is 0 Å². The van der Waals surface area contributed by atoms with E-state index in [2.05, 4.69) is 40.4 Å². The molecular weight excluding hydrogens is 232 g/mol. The van der Waals surface area contributed by atoms with E-state index in [1.165, 1.54) is 0 Å². The Kier molecular flexibility index (Phi) is 4.27. The molecule has 1 rings (SSSR count). The maximum Gasteiger partial charge on any atom is 0.0387 e. The molecule has 0 unspecified atom stereocenters. The first-order valence-corrected chi connectivity index (χ1v) is 5.11. The van der Waals surface area contributed by atoms with Crippen LogP contribution in [0.4, 0.5) is 0 Å². The van der Waals surface area contributed by atoms with E-state index in [-0.39, 0.29) is 0 Å². The van der Waals surface area contributed by atoms with Gasteiger partial charge in [-0.25, -0.2) is 0 Å². The number of thiol groups is 1. The van der Waals surface area contributed by atoms with Crippen molar-refractivity contribution in [2.75, 3.05) is 5.75 Å². The predicted molar refractivity (Wildman–Crippen MR) is 59.5 cm³/mol. The minimum atomic E-state index is 0.817. The van der Waals surface area contributed by atoms with Gasteiger partial charge >= 0.3 is 0 Å². The lowest BCUT2D eigenvalue weighted by Gasteiger charge is -1.92. The summed E-state index contributed by atoms with van der Waals surface area (Å²) in [5.74, 6) is 6.92. The monoisotopic (exact) mass is 240 g/mol. The van der Waals surface area contributed by atoms with Gasteiger partial charge in [-0.2, -0.15) is 12.6 Å². The molecule has 0 aliphatic rings. The fraction of sp³-hybridized carbons (Fsp3) is 0.200. The molecule has 0 aliphatic heterocycles. The third-order valence-corrected chi connectivity index (χ3v) is 2.25. The summed E-state index contributed by atoms with van der Waals surface area (Å²) in [5.41, 5.74) is 1.04. The number of rotatable bonds is 1. The Balaban J connectivity index is 2.77. The average molecular weight is 241 g/mol. The van der Waals surface area contributed by atoms with Crippen LogP contribution in [-0.4, -0.2) is 5.75 Å². The van der Waals surface area contributed by atoms with E-state index in [0.717, 1.165) is 22.2 Å². The Bertz CT molecular complexity index is 309. The Hall–Kier alpha value is -0.390. The molecule has 0 aromatic heterocycles. The molecule has 12 heavy (non-hydrogen) atoms. The Morgan fingerprint density at radius 2 is 2.08 bits per heavy atom. The van der Waals surface area contributed by atoms with Crippen LogP contribution >= 0.6 is 28.6 Å². The zero-order valence-electron chi connectivity index (χ0n) is 6.55. The smallest absolute Gasteiger partial charge is 0.0387 e. The fourth-order valence-corrected chi connectivity index (χ4v) is 1.27. The van der Waals surface area contributed by atoms with Gasteiger partial charge in [-0.05, 0) is 28.1 Å². The van der Waals surface area contributed by atoms with Crippen LogP contribution < -0.4 is 0 Å². The van der Waals surface area contributed by atoms with Crippen molar-refractivity contribution in [3.05, 3.63) is 34.3 Å². The molecule has 0 nitrogen and oxygen atoms in total. The second-order valence-electron chi connectivity index (χ2n) is 2.26. The number of hydrogen-bond donors (Lipinski definition) is 1. The molecule has 0 fully saturated rings. The third kappa shape index (κ3) is 2.92. The van der Waals surface area contributed by atoms with E-state index >= 15 is 0 Å². The predicted octanol–water partition coefficient (Wildman–Crippen LogP) is 3.12. The molecule has 62 valence electrons. The van der Waals surface area contributed by atoms with Gasteiger partial charge in [-0.3, -0.25) is 0 Å². The summed E-state index contributed by atoms with van der Waals surface area (Å²) in [5, 5.41) is 0. The van der Waals surface area contributed by atoms with Gasteiger partial charge in [0.15, 0.2) is 0 Å². The molecule has 2 heteroatoms. The van der Waals surface area contributed by atoms with Crippen LogP contribution in [0.15, 0.2) is 28.7 Å². The van der Waals surface area contributed by atoms with E-state index in [9.17, 15) is 0 Å². The molecule has 0 saturated heterocycles. The van der Waals surface area contributed by atoms with Crippen LogP contribution in [0.1, 0.15) is 12.0 Å². The van der Waals surface area contributed by atoms with Gasteiger partial charge in [0.2, 0.25) is 0 Å². The molecule has 1 aromatic carbocycles. The fourth-order valence-electron chi connectivity index (χ4n) is 0.776. The normalized spacial score (nSPS) is 8.83. The van der Waals surface area contributed by atoms with Crippen LogP contribution in [0.3, 0.4) is 0 Å². The van der Waals surface area contributed by atoms with Crippen molar-refractivity contribution in [3.63, 3.8) is 0 Å². The summed E-state index contributed by atoms with van der Waals surface area (Å²) < 4.78 is 1.05. The van der Waals surface area contributed by atoms with Crippen molar-refractivity contribution in [1.29, 1.82) is 0 Å². The number of benzene rings is 1. The molecule has 0 atom stereocenters. The lowest BCUT2D eigenvalue weighted by Crippen LogP contribution is -1.75. The van der Waals surface area contributed by atoms with Gasteiger partial charge < -0.3 is 0 Å². The van der Waals surface area contributed by atoms with Crippen molar-refractivity contribution in [1.82, 2.24) is 0 Å². The molecule has 0 bridgehead atoms. The van der Waals surface area contributed by atoms with E-state index < -0.39 is 0 Å². The summed E-state index contributed by atoms with van der Waals surface area (Å²) in [6, 6.07) is 7.95. The SMILES string of the molecule is SCCC#Cc1ccccc1Br. The van der Waals surface area contributed by atoms with Gasteiger partial charge in [-0.15, -0.1) is 0 Å². The summed E-state index contributed by atoms with van der Waals surface area (Å²) in [6.45, 7) is 0. The first-order valence-electron chi connectivity index (χ1n) is 3.69. The molecule has 0 N–H and O–H groups in total. The molecule has 1 aromatic rings. The Labute approximate surface area is 86.9 Å². The molecule has 0 spiro atoms. The minimum absolute atomic E-state index is 0.817.